The number of carbonyl (C=O) groups excluding carboxylic acids is 1. The van der Waals surface area contributed by atoms with Crippen LogP contribution in [0, 0.1) is 0 Å². The average molecular weight is 225 g/mol. The molecular formula is C10H19N5O. The molecule has 1 unspecified atom stereocenters. The van der Waals surface area contributed by atoms with Crippen LogP contribution in [0.4, 0.5) is 0 Å². The lowest BCUT2D eigenvalue weighted by Gasteiger charge is -2.10. The van der Waals surface area contributed by atoms with Crippen LogP contribution >= 0.6 is 0 Å². The van der Waals surface area contributed by atoms with E-state index in [2.05, 4.69) is 20.5 Å². The SMILES string of the molecule is CCCC(N)C(=O)NCCCc1ncn[nH]1. The summed E-state index contributed by atoms with van der Waals surface area (Å²) in [5, 5.41) is 9.32. The van der Waals surface area contributed by atoms with E-state index < -0.39 is 0 Å². The number of nitrogens with zero attached hydrogens (tertiary/aromatic N) is 2. The van der Waals surface area contributed by atoms with Crippen molar-refractivity contribution in [3.05, 3.63) is 12.2 Å². The van der Waals surface area contributed by atoms with Crippen molar-refractivity contribution in [2.24, 2.45) is 5.73 Å². The van der Waals surface area contributed by atoms with Gasteiger partial charge in [-0.2, -0.15) is 5.10 Å². The summed E-state index contributed by atoms with van der Waals surface area (Å²) in [6.07, 6.45) is 4.74. The van der Waals surface area contributed by atoms with Gasteiger partial charge in [0.25, 0.3) is 0 Å². The fourth-order valence-electron chi connectivity index (χ4n) is 1.39. The molecule has 0 aromatic carbocycles. The molecule has 0 spiro atoms. The van der Waals surface area contributed by atoms with Crippen molar-refractivity contribution in [2.45, 2.75) is 38.6 Å². The van der Waals surface area contributed by atoms with Crippen molar-refractivity contribution in [3.8, 4) is 0 Å². The van der Waals surface area contributed by atoms with Crippen LogP contribution in [-0.4, -0.2) is 33.7 Å². The molecule has 0 saturated heterocycles. The van der Waals surface area contributed by atoms with E-state index in [0.717, 1.165) is 31.5 Å². The van der Waals surface area contributed by atoms with E-state index >= 15 is 0 Å². The minimum absolute atomic E-state index is 0.0700. The van der Waals surface area contributed by atoms with Gasteiger partial charge in [0.1, 0.15) is 12.2 Å². The molecule has 1 aromatic heterocycles. The van der Waals surface area contributed by atoms with Gasteiger partial charge < -0.3 is 11.1 Å². The molecule has 1 rings (SSSR count). The van der Waals surface area contributed by atoms with Gasteiger partial charge in [-0.25, -0.2) is 4.98 Å². The van der Waals surface area contributed by atoms with Crippen LogP contribution in [0.1, 0.15) is 32.0 Å². The predicted octanol–water partition coefficient (Wildman–Crippen LogP) is -0.0191. The van der Waals surface area contributed by atoms with E-state index in [0.29, 0.717) is 6.54 Å². The summed E-state index contributed by atoms with van der Waals surface area (Å²) in [7, 11) is 0. The summed E-state index contributed by atoms with van der Waals surface area (Å²) in [4.78, 5) is 15.4. The summed E-state index contributed by atoms with van der Waals surface area (Å²) in [5.74, 6) is 0.770. The minimum Gasteiger partial charge on any atom is -0.355 e. The largest absolute Gasteiger partial charge is 0.355 e. The second kappa shape index (κ2) is 6.95. The first-order chi connectivity index (χ1) is 7.74. The van der Waals surface area contributed by atoms with Gasteiger partial charge in [0, 0.05) is 13.0 Å². The van der Waals surface area contributed by atoms with Crippen LogP contribution in [0.2, 0.25) is 0 Å². The second-order valence-corrected chi connectivity index (χ2v) is 3.72. The fraction of sp³-hybridized carbons (Fsp3) is 0.700. The van der Waals surface area contributed by atoms with E-state index in [1.54, 1.807) is 0 Å². The first-order valence-electron chi connectivity index (χ1n) is 5.61. The van der Waals surface area contributed by atoms with Gasteiger partial charge in [0.05, 0.1) is 6.04 Å². The Morgan fingerprint density at radius 2 is 2.50 bits per heavy atom. The number of carbonyl (C=O) groups is 1. The van der Waals surface area contributed by atoms with Crippen molar-refractivity contribution in [2.75, 3.05) is 6.54 Å². The number of H-pyrrole nitrogens is 1. The standard InChI is InChI=1S/C10H19N5O/c1-2-4-8(11)10(16)12-6-3-5-9-13-7-14-15-9/h7-8H,2-6,11H2,1H3,(H,12,16)(H,13,14,15). The molecule has 4 N–H and O–H groups in total. The first kappa shape index (κ1) is 12.6. The smallest absolute Gasteiger partial charge is 0.236 e. The second-order valence-electron chi connectivity index (χ2n) is 3.72. The molecule has 1 amide bonds. The molecule has 0 fully saturated rings. The average Bonchev–Trinajstić information content (AvgIpc) is 2.77. The van der Waals surface area contributed by atoms with Crippen molar-refractivity contribution in [1.29, 1.82) is 0 Å². The maximum atomic E-state index is 11.4. The monoisotopic (exact) mass is 225 g/mol. The van der Waals surface area contributed by atoms with Crippen molar-refractivity contribution >= 4 is 5.91 Å². The number of amides is 1. The maximum Gasteiger partial charge on any atom is 0.236 e. The molecule has 90 valence electrons. The lowest BCUT2D eigenvalue weighted by molar-refractivity contribution is -0.122. The van der Waals surface area contributed by atoms with Crippen molar-refractivity contribution < 1.29 is 4.79 Å². The Bertz CT molecular complexity index is 298. The third-order valence-corrected chi connectivity index (χ3v) is 2.29. The normalized spacial score (nSPS) is 12.4. The zero-order chi connectivity index (χ0) is 11.8. The Morgan fingerprint density at radius 3 is 3.12 bits per heavy atom. The summed E-state index contributed by atoms with van der Waals surface area (Å²) in [6, 6.07) is -0.379. The number of hydrogen-bond acceptors (Lipinski definition) is 4. The molecule has 0 aliphatic rings. The van der Waals surface area contributed by atoms with Crippen LogP contribution in [-0.2, 0) is 11.2 Å². The van der Waals surface area contributed by atoms with Gasteiger partial charge in [-0.05, 0) is 12.8 Å². The number of rotatable bonds is 7. The Balaban J connectivity index is 2.08. The number of aryl methyl sites for hydroxylation is 1. The fourth-order valence-corrected chi connectivity index (χ4v) is 1.39. The highest BCUT2D eigenvalue weighted by atomic mass is 16.2. The summed E-state index contributed by atoms with van der Waals surface area (Å²) >= 11 is 0. The lowest BCUT2D eigenvalue weighted by atomic mass is 10.1. The van der Waals surface area contributed by atoms with Gasteiger partial charge >= 0.3 is 0 Å². The Morgan fingerprint density at radius 1 is 1.69 bits per heavy atom. The maximum absolute atomic E-state index is 11.4. The van der Waals surface area contributed by atoms with Gasteiger partial charge in [0.2, 0.25) is 5.91 Å². The molecule has 0 saturated carbocycles. The van der Waals surface area contributed by atoms with Crippen molar-refractivity contribution in [3.63, 3.8) is 0 Å². The summed E-state index contributed by atoms with van der Waals surface area (Å²) in [5.41, 5.74) is 5.66. The van der Waals surface area contributed by atoms with Gasteiger partial charge in [0.15, 0.2) is 0 Å². The number of aromatic nitrogens is 3. The Hall–Kier alpha value is -1.43. The van der Waals surface area contributed by atoms with E-state index in [1.165, 1.54) is 6.33 Å². The molecule has 16 heavy (non-hydrogen) atoms. The molecular weight excluding hydrogens is 206 g/mol. The minimum atomic E-state index is -0.379. The zero-order valence-corrected chi connectivity index (χ0v) is 9.57. The van der Waals surface area contributed by atoms with Crippen LogP contribution in [0.15, 0.2) is 6.33 Å². The molecule has 6 nitrogen and oxygen atoms in total. The van der Waals surface area contributed by atoms with Crippen molar-refractivity contribution in [1.82, 2.24) is 20.5 Å². The topological polar surface area (TPSA) is 96.7 Å². The third-order valence-electron chi connectivity index (χ3n) is 2.29. The van der Waals surface area contributed by atoms with E-state index in [4.69, 9.17) is 5.73 Å². The zero-order valence-electron chi connectivity index (χ0n) is 9.57. The van der Waals surface area contributed by atoms with E-state index in [9.17, 15) is 4.79 Å². The Kier molecular flexibility index (Phi) is 5.49. The van der Waals surface area contributed by atoms with Gasteiger partial charge in [-0.1, -0.05) is 13.3 Å². The Labute approximate surface area is 95.0 Å². The van der Waals surface area contributed by atoms with Crippen LogP contribution < -0.4 is 11.1 Å². The van der Waals surface area contributed by atoms with E-state index in [-0.39, 0.29) is 11.9 Å². The van der Waals surface area contributed by atoms with Gasteiger partial charge in [-0.15, -0.1) is 0 Å². The first-order valence-corrected chi connectivity index (χ1v) is 5.61. The summed E-state index contributed by atoms with van der Waals surface area (Å²) < 4.78 is 0. The van der Waals surface area contributed by atoms with Crippen LogP contribution in [0.5, 0.6) is 0 Å². The molecule has 1 heterocycles. The third kappa shape index (κ3) is 4.39. The molecule has 1 aromatic rings. The highest BCUT2D eigenvalue weighted by molar-refractivity contribution is 5.81. The number of nitrogens with one attached hydrogen (secondary N) is 2. The molecule has 6 heteroatoms. The summed E-state index contributed by atoms with van der Waals surface area (Å²) in [6.45, 7) is 2.63. The lowest BCUT2D eigenvalue weighted by Crippen LogP contribution is -2.40. The van der Waals surface area contributed by atoms with Crippen LogP contribution in [0.3, 0.4) is 0 Å². The highest BCUT2D eigenvalue weighted by Crippen LogP contribution is 1.94. The van der Waals surface area contributed by atoms with E-state index in [1.807, 2.05) is 6.92 Å². The number of aromatic amines is 1. The predicted molar refractivity (Wildman–Crippen MR) is 60.6 cm³/mol. The number of nitrogens with two attached hydrogens (primary N) is 1. The number of hydrogen-bond donors (Lipinski definition) is 3. The molecule has 0 aliphatic heterocycles. The van der Waals surface area contributed by atoms with Gasteiger partial charge in [-0.3, -0.25) is 9.89 Å². The van der Waals surface area contributed by atoms with Crippen LogP contribution in [0.25, 0.3) is 0 Å². The quantitative estimate of drug-likeness (QED) is 0.568. The molecule has 1 atom stereocenters. The molecule has 0 aliphatic carbocycles. The molecule has 0 bridgehead atoms. The highest BCUT2D eigenvalue weighted by Gasteiger charge is 2.10. The molecule has 0 radical (unpaired) electrons.